The van der Waals surface area contributed by atoms with Gasteiger partial charge >= 0.3 is 5.69 Å². The predicted octanol–water partition coefficient (Wildman–Crippen LogP) is 3.59. The zero-order valence-electron chi connectivity index (χ0n) is 14.8. The first-order valence-electron chi connectivity index (χ1n) is 8.33. The van der Waals surface area contributed by atoms with Crippen LogP contribution in [0, 0.1) is 0 Å². The molecule has 0 fully saturated rings. The normalized spacial score (nSPS) is 12.0. The number of nitrogens with one attached hydrogen (secondary N) is 1. The van der Waals surface area contributed by atoms with E-state index in [-0.39, 0.29) is 5.82 Å². The van der Waals surface area contributed by atoms with E-state index in [4.69, 9.17) is 11.5 Å². The molecule has 1 heterocycles. The molecule has 1 aromatic heterocycles. The highest BCUT2D eigenvalue weighted by atomic mass is 32.2. The van der Waals surface area contributed by atoms with E-state index < -0.39 is 5.69 Å². The highest BCUT2D eigenvalue weighted by Gasteiger charge is 2.02. The molecule has 0 aliphatic heterocycles. The van der Waals surface area contributed by atoms with Crippen LogP contribution in [0.2, 0.25) is 0 Å². The molecule has 3 rings (SSSR count). The van der Waals surface area contributed by atoms with Gasteiger partial charge in [0.25, 0.3) is 0 Å². The smallest absolute Gasteiger partial charge is 0.354 e. The fraction of sp³-hybridized carbons (Fsp3) is 0. The van der Waals surface area contributed by atoms with Crippen molar-refractivity contribution in [3.63, 3.8) is 0 Å². The fourth-order valence-corrected chi connectivity index (χ4v) is 3.23. The molecule has 0 aliphatic rings. The summed E-state index contributed by atoms with van der Waals surface area (Å²) in [7, 11) is 0. The molecule has 142 valence electrons. The van der Waals surface area contributed by atoms with Crippen LogP contribution in [0.25, 0.3) is 5.69 Å². The van der Waals surface area contributed by atoms with Crippen molar-refractivity contribution in [2.75, 3.05) is 11.1 Å². The quantitative estimate of drug-likeness (QED) is 0.282. The van der Waals surface area contributed by atoms with Crippen LogP contribution in [0.5, 0.6) is 0 Å². The second kappa shape index (κ2) is 9.20. The Morgan fingerprint density at radius 2 is 1.79 bits per heavy atom. The number of allylic oxidation sites excluding steroid dienone is 2. The summed E-state index contributed by atoms with van der Waals surface area (Å²) in [6.07, 6.45) is 5.17. The molecule has 0 saturated heterocycles. The van der Waals surface area contributed by atoms with Gasteiger partial charge in [0.15, 0.2) is 0 Å². The third kappa shape index (κ3) is 5.45. The highest BCUT2D eigenvalue weighted by Crippen LogP contribution is 2.23. The van der Waals surface area contributed by atoms with Crippen molar-refractivity contribution < 1.29 is 0 Å². The number of benzene rings is 2. The Hall–Kier alpha value is -3.10. The van der Waals surface area contributed by atoms with Gasteiger partial charge in [-0.2, -0.15) is 4.98 Å². The van der Waals surface area contributed by atoms with Gasteiger partial charge < -0.3 is 16.8 Å². The van der Waals surface area contributed by atoms with Gasteiger partial charge in [-0.1, -0.05) is 30.0 Å². The Bertz CT molecular complexity index is 1060. The minimum absolute atomic E-state index is 0.196. The van der Waals surface area contributed by atoms with E-state index in [0.717, 1.165) is 10.6 Å². The van der Waals surface area contributed by atoms with Crippen LogP contribution in [0.3, 0.4) is 0 Å². The summed E-state index contributed by atoms with van der Waals surface area (Å²) < 4.78 is 1.42. The fourth-order valence-electron chi connectivity index (χ4n) is 2.33. The second-order valence-electron chi connectivity index (χ2n) is 5.71. The molecular formula is C20H19N5OS2. The molecule has 0 aliphatic carbocycles. The van der Waals surface area contributed by atoms with Crippen molar-refractivity contribution >= 4 is 35.9 Å². The maximum atomic E-state index is 11.9. The number of aromatic nitrogens is 2. The van der Waals surface area contributed by atoms with Crippen LogP contribution in [0.1, 0.15) is 0 Å². The first-order chi connectivity index (χ1) is 13.5. The van der Waals surface area contributed by atoms with Gasteiger partial charge in [0.2, 0.25) is 0 Å². The maximum Gasteiger partial charge on any atom is 0.354 e. The van der Waals surface area contributed by atoms with Crippen LogP contribution in [0.4, 0.5) is 11.5 Å². The number of anilines is 2. The van der Waals surface area contributed by atoms with Gasteiger partial charge in [-0.25, -0.2) is 4.79 Å². The SMILES string of the molecule is N/C(=C\C=C(\S)Nc1ccc(-n2ccc(N)nc2=O)cc1)Sc1ccccc1. The van der Waals surface area contributed by atoms with Crippen molar-refractivity contribution in [2.45, 2.75) is 4.90 Å². The Labute approximate surface area is 172 Å². The highest BCUT2D eigenvalue weighted by molar-refractivity contribution is 8.03. The average molecular weight is 410 g/mol. The maximum absolute atomic E-state index is 11.9. The van der Waals surface area contributed by atoms with Gasteiger partial charge in [-0.05, 0) is 54.6 Å². The molecule has 0 unspecified atom stereocenters. The number of hydrogen-bond acceptors (Lipinski definition) is 7. The lowest BCUT2D eigenvalue weighted by Gasteiger charge is -2.08. The third-order valence-electron chi connectivity index (χ3n) is 3.63. The van der Waals surface area contributed by atoms with Crippen LogP contribution >= 0.6 is 24.4 Å². The van der Waals surface area contributed by atoms with E-state index in [2.05, 4.69) is 22.9 Å². The Kier molecular flexibility index (Phi) is 6.46. The number of hydrogen-bond donors (Lipinski definition) is 4. The van der Waals surface area contributed by atoms with Gasteiger partial charge in [-0.15, -0.1) is 12.6 Å². The molecule has 5 N–H and O–H groups in total. The summed E-state index contributed by atoms with van der Waals surface area (Å²) in [5.74, 6) is 0.196. The summed E-state index contributed by atoms with van der Waals surface area (Å²) in [4.78, 5) is 16.7. The van der Waals surface area contributed by atoms with Crippen LogP contribution in [0.15, 0.2) is 98.8 Å². The lowest BCUT2D eigenvalue weighted by molar-refractivity contribution is 0.920. The van der Waals surface area contributed by atoms with E-state index >= 15 is 0 Å². The Balaban J connectivity index is 1.65. The molecule has 0 spiro atoms. The largest absolute Gasteiger partial charge is 0.393 e. The van der Waals surface area contributed by atoms with Gasteiger partial charge in [0, 0.05) is 16.8 Å². The number of thiol groups is 1. The molecule has 0 radical (unpaired) electrons. The standard InChI is InChI=1S/C20H19N5OS2/c21-17-12-13-25(20(26)24-17)15-8-6-14(7-9-15)23-19(27)11-10-18(22)28-16-4-2-1-3-5-16/h1-13,23,27H,22H2,(H2,21,24,26)/b18-10+,19-11+. The van der Waals surface area contributed by atoms with E-state index in [1.54, 1.807) is 36.5 Å². The zero-order chi connectivity index (χ0) is 19.9. The van der Waals surface area contributed by atoms with Crippen LogP contribution in [-0.4, -0.2) is 9.55 Å². The van der Waals surface area contributed by atoms with Crippen molar-refractivity contribution in [3.05, 3.63) is 99.6 Å². The Morgan fingerprint density at radius 3 is 2.46 bits per heavy atom. The Morgan fingerprint density at radius 1 is 1.07 bits per heavy atom. The molecule has 28 heavy (non-hydrogen) atoms. The summed E-state index contributed by atoms with van der Waals surface area (Å²) in [6.45, 7) is 0. The number of nitrogen functional groups attached to an aromatic ring is 1. The van der Waals surface area contributed by atoms with E-state index in [1.165, 1.54) is 16.3 Å². The lowest BCUT2D eigenvalue weighted by atomic mass is 10.2. The van der Waals surface area contributed by atoms with Crippen molar-refractivity contribution in [3.8, 4) is 5.69 Å². The first kappa shape index (κ1) is 19.7. The van der Waals surface area contributed by atoms with Gasteiger partial charge in [0.1, 0.15) is 5.82 Å². The van der Waals surface area contributed by atoms with Crippen molar-refractivity contribution in [1.29, 1.82) is 0 Å². The number of nitrogens with two attached hydrogens (primary N) is 2. The minimum Gasteiger partial charge on any atom is -0.393 e. The third-order valence-corrected chi connectivity index (χ3v) is 4.77. The van der Waals surface area contributed by atoms with E-state index in [1.807, 2.05) is 42.5 Å². The number of rotatable bonds is 6. The molecule has 0 atom stereocenters. The second-order valence-corrected chi connectivity index (χ2v) is 7.34. The van der Waals surface area contributed by atoms with Crippen LogP contribution < -0.4 is 22.5 Å². The summed E-state index contributed by atoms with van der Waals surface area (Å²) in [5, 5.41) is 4.45. The average Bonchev–Trinajstić information content (AvgIpc) is 2.68. The molecule has 6 nitrogen and oxygen atoms in total. The van der Waals surface area contributed by atoms with E-state index in [9.17, 15) is 4.79 Å². The topological polar surface area (TPSA) is 99.0 Å². The molecule has 2 aromatic carbocycles. The van der Waals surface area contributed by atoms with Crippen molar-refractivity contribution in [1.82, 2.24) is 9.55 Å². The van der Waals surface area contributed by atoms with Crippen molar-refractivity contribution in [2.24, 2.45) is 5.73 Å². The molecule has 0 saturated carbocycles. The summed E-state index contributed by atoms with van der Waals surface area (Å²) >= 11 is 5.91. The lowest BCUT2D eigenvalue weighted by Crippen LogP contribution is -2.21. The molecule has 3 aromatic rings. The summed E-state index contributed by atoms with van der Waals surface area (Å²) in [5.41, 5.74) is 12.6. The molecule has 8 heteroatoms. The first-order valence-corrected chi connectivity index (χ1v) is 9.59. The zero-order valence-corrected chi connectivity index (χ0v) is 16.5. The minimum atomic E-state index is -0.424. The summed E-state index contributed by atoms with van der Waals surface area (Å²) in [6, 6.07) is 18.8. The van der Waals surface area contributed by atoms with Gasteiger partial charge in [-0.3, -0.25) is 4.57 Å². The predicted molar refractivity (Wildman–Crippen MR) is 120 cm³/mol. The van der Waals surface area contributed by atoms with Crippen LogP contribution in [-0.2, 0) is 0 Å². The monoisotopic (exact) mass is 409 g/mol. The number of nitrogens with zero attached hydrogens (tertiary/aromatic N) is 2. The molecular weight excluding hydrogens is 390 g/mol. The number of thioether (sulfide) groups is 1. The van der Waals surface area contributed by atoms with Gasteiger partial charge in [0.05, 0.1) is 15.7 Å². The van der Waals surface area contributed by atoms with E-state index in [0.29, 0.717) is 15.7 Å². The molecule has 0 amide bonds. The molecule has 0 bridgehead atoms.